The highest BCUT2D eigenvalue weighted by molar-refractivity contribution is 6.37. The third kappa shape index (κ3) is 3.70. The van der Waals surface area contributed by atoms with Crippen molar-refractivity contribution in [3.8, 4) is 0 Å². The minimum Gasteiger partial charge on any atom is -0.393 e. The zero-order valence-corrected chi connectivity index (χ0v) is 10.7. The van der Waals surface area contributed by atoms with Gasteiger partial charge in [0.1, 0.15) is 11.6 Å². The Morgan fingerprint density at radius 2 is 2.00 bits per heavy atom. The molecule has 0 aromatic carbocycles. The first kappa shape index (κ1) is 13.4. The second-order valence-electron chi connectivity index (χ2n) is 3.46. The summed E-state index contributed by atoms with van der Waals surface area (Å²) >= 11 is 11.9. The van der Waals surface area contributed by atoms with E-state index in [1.165, 1.54) is 0 Å². The van der Waals surface area contributed by atoms with Gasteiger partial charge < -0.3 is 15.7 Å². The summed E-state index contributed by atoms with van der Waals surface area (Å²) in [6, 6.07) is 1.63. The van der Waals surface area contributed by atoms with E-state index in [1.807, 2.05) is 0 Å². The van der Waals surface area contributed by atoms with Crippen molar-refractivity contribution in [2.45, 2.75) is 19.4 Å². The van der Waals surface area contributed by atoms with Gasteiger partial charge in [0.05, 0.1) is 16.1 Å². The average Bonchev–Trinajstić information content (AvgIpc) is 2.20. The van der Waals surface area contributed by atoms with Crippen molar-refractivity contribution >= 4 is 34.8 Å². The molecule has 1 unspecified atom stereocenters. The quantitative estimate of drug-likeness (QED) is 0.765. The third-order valence-corrected chi connectivity index (χ3v) is 2.60. The molecule has 0 spiro atoms. The van der Waals surface area contributed by atoms with Crippen molar-refractivity contribution in [3.05, 3.63) is 16.1 Å². The topological polar surface area (TPSA) is 57.2 Å². The van der Waals surface area contributed by atoms with Crippen molar-refractivity contribution in [3.63, 3.8) is 0 Å². The van der Waals surface area contributed by atoms with Crippen LogP contribution in [0.3, 0.4) is 0 Å². The van der Waals surface area contributed by atoms with Gasteiger partial charge in [-0.2, -0.15) is 0 Å². The number of aromatic nitrogens is 1. The SMILES string of the molecule is CNc1nc(NCCC(C)O)c(Cl)cc1Cl. The molecule has 0 fully saturated rings. The minimum absolute atomic E-state index is 0.345. The molecule has 6 heteroatoms. The molecule has 4 nitrogen and oxygen atoms in total. The van der Waals surface area contributed by atoms with Crippen LogP contribution in [0.1, 0.15) is 13.3 Å². The van der Waals surface area contributed by atoms with Crippen molar-refractivity contribution in [1.82, 2.24) is 4.98 Å². The number of nitrogens with one attached hydrogen (secondary N) is 2. The van der Waals surface area contributed by atoms with E-state index in [2.05, 4.69) is 15.6 Å². The maximum absolute atomic E-state index is 9.12. The van der Waals surface area contributed by atoms with E-state index in [-0.39, 0.29) is 6.10 Å². The summed E-state index contributed by atoms with van der Waals surface area (Å²) in [6.07, 6.45) is 0.289. The summed E-state index contributed by atoms with van der Waals surface area (Å²) in [7, 11) is 1.74. The molecule has 1 atom stereocenters. The average molecular weight is 264 g/mol. The van der Waals surface area contributed by atoms with Crippen molar-refractivity contribution < 1.29 is 5.11 Å². The number of rotatable bonds is 5. The second-order valence-corrected chi connectivity index (χ2v) is 4.28. The second kappa shape index (κ2) is 6.13. The van der Waals surface area contributed by atoms with E-state index in [4.69, 9.17) is 28.3 Å². The number of hydrogen-bond acceptors (Lipinski definition) is 4. The van der Waals surface area contributed by atoms with Crippen LogP contribution in [0, 0.1) is 0 Å². The van der Waals surface area contributed by atoms with E-state index >= 15 is 0 Å². The Kier molecular flexibility index (Phi) is 5.12. The van der Waals surface area contributed by atoms with Gasteiger partial charge >= 0.3 is 0 Å². The fourth-order valence-electron chi connectivity index (χ4n) is 1.17. The van der Waals surface area contributed by atoms with E-state index in [1.54, 1.807) is 20.0 Å². The lowest BCUT2D eigenvalue weighted by atomic mass is 10.3. The van der Waals surface area contributed by atoms with Crippen LogP contribution < -0.4 is 10.6 Å². The Hall–Kier alpha value is -0.710. The first-order valence-corrected chi connectivity index (χ1v) is 5.76. The summed E-state index contributed by atoms with van der Waals surface area (Å²) in [5.74, 6) is 1.14. The van der Waals surface area contributed by atoms with Crippen LogP contribution in [0.25, 0.3) is 0 Å². The van der Waals surface area contributed by atoms with Crippen LogP contribution in [0.15, 0.2) is 6.07 Å². The zero-order chi connectivity index (χ0) is 12.1. The van der Waals surface area contributed by atoms with Crippen molar-refractivity contribution in [2.75, 3.05) is 24.2 Å². The Morgan fingerprint density at radius 3 is 2.56 bits per heavy atom. The van der Waals surface area contributed by atoms with Gasteiger partial charge in [0.2, 0.25) is 0 Å². The van der Waals surface area contributed by atoms with Crippen LogP contribution >= 0.6 is 23.2 Å². The lowest BCUT2D eigenvalue weighted by Gasteiger charge is -2.11. The predicted molar refractivity (Wildman–Crippen MR) is 68.6 cm³/mol. The predicted octanol–water partition coefficient (Wildman–Crippen LogP) is 2.61. The van der Waals surface area contributed by atoms with Crippen LogP contribution in [0.2, 0.25) is 10.0 Å². The smallest absolute Gasteiger partial charge is 0.147 e. The zero-order valence-electron chi connectivity index (χ0n) is 9.22. The molecule has 0 aliphatic carbocycles. The number of hydrogen-bond donors (Lipinski definition) is 3. The lowest BCUT2D eigenvalue weighted by Crippen LogP contribution is -2.11. The molecule has 90 valence electrons. The van der Waals surface area contributed by atoms with Gasteiger partial charge in [-0.1, -0.05) is 23.2 Å². The molecule has 1 rings (SSSR count). The lowest BCUT2D eigenvalue weighted by molar-refractivity contribution is 0.188. The summed E-state index contributed by atoms with van der Waals surface area (Å²) in [6.45, 7) is 2.34. The molecule has 1 heterocycles. The van der Waals surface area contributed by atoms with E-state index in [0.29, 0.717) is 34.6 Å². The van der Waals surface area contributed by atoms with Gasteiger partial charge in [0, 0.05) is 13.6 Å². The Balaban J connectivity index is 2.72. The third-order valence-electron chi connectivity index (χ3n) is 2.02. The molecule has 0 saturated heterocycles. The largest absolute Gasteiger partial charge is 0.393 e. The highest BCUT2D eigenvalue weighted by atomic mass is 35.5. The standard InChI is InChI=1S/C10H15Cl2N3O/c1-6(16)3-4-14-10-8(12)5-7(11)9(13-2)15-10/h5-6,16H,3-4H2,1-2H3,(H2,13,14,15). The maximum atomic E-state index is 9.12. The monoisotopic (exact) mass is 263 g/mol. The van der Waals surface area contributed by atoms with Gasteiger partial charge in [-0.05, 0) is 19.4 Å². The molecule has 3 N–H and O–H groups in total. The summed E-state index contributed by atoms with van der Waals surface area (Å²) < 4.78 is 0. The van der Waals surface area contributed by atoms with E-state index in [0.717, 1.165) is 0 Å². The van der Waals surface area contributed by atoms with Gasteiger partial charge in [0.25, 0.3) is 0 Å². The number of pyridine rings is 1. The highest BCUT2D eigenvalue weighted by Crippen LogP contribution is 2.28. The number of anilines is 2. The molecule has 0 aliphatic heterocycles. The molecule has 1 aromatic heterocycles. The molecule has 0 aliphatic rings. The molecule has 0 radical (unpaired) electrons. The molecule has 1 aromatic rings. The van der Waals surface area contributed by atoms with Crippen LogP contribution in [0.5, 0.6) is 0 Å². The molecular formula is C10H15Cl2N3O. The minimum atomic E-state index is -0.345. The highest BCUT2D eigenvalue weighted by Gasteiger charge is 2.08. The van der Waals surface area contributed by atoms with Crippen LogP contribution in [-0.2, 0) is 0 Å². The number of halogens is 2. The van der Waals surface area contributed by atoms with Crippen molar-refractivity contribution in [2.24, 2.45) is 0 Å². The fraction of sp³-hybridized carbons (Fsp3) is 0.500. The molecule has 16 heavy (non-hydrogen) atoms. The number of nitrogens with zero attached hydrogens (tertiary/aromatic N) is 1. The Morgan fingerprint density at radius 1 is 1.38 bits per heavy atom. The number of aliphatic hydroxyl groups excluding tert-OH is 1. The van der Waals surface area contributed by atoms with Gasteiger partial charge in [-0.3, -0.25) is 0 Å². The number of aliphatic hydroxyl groups is 1. The van der Waals surface area contributed by atoms with E-state index in [9.17, 15) is 0 Å². The van der Waals surface area contributed by atoms with Crippen molar-refractivity contribution in [1.29, 1.82) is 0 Å². The van der Waals surface area contributed by atoms with E-state index < -0.39 is 0 Å². The fourth-order valence-corrected chi connectivity index (χ4v) is 1.69. The Bertz CT molecular complexity index is 358. The molecule has 0 saturated carbocycles. The van der Waals surface area contributed by atoms with Gasteiger partial charge in [-0.15, -0.1) is 0 Å². The van der Waals surface area contributed by atoms with Gasteiger partial charge in [-0.25, -0.2) is 4.98 Å². The maximum Gasteiger partial charge on any atom is 0.147 e. The first-order valence-electron chi connectivity index (χ1n) is 5.00. The summed E-state index contributed by atoms with van der Waals surface area (Å²) in [4.78, 5) is 4.22. The first-order chi connectivity index (χ1) is 7.54. The molecule has 0 amide bonds. The molecule has 0 bridgehead atoms. The summed E-state index contributed by atoms with van der Waals surface area (Å²) in [5, 5.41) is 16.0. The normalized spacial score (nSPS) is 12.3. The Labute approximate surface area is 105 Å². The summed E-state index contributed by atoms with van der Waals surface area (Å²) in [5.41, 5.74) is 0. The molecular weight excluding hydrogens is 249 g/mol. The van der Waals surface area contributed by atoms with Crippen LogP contribution in [0.4, 0.5) is 11.6 Å². The van der Waals surface area contributed by atoms with Gasteiger partial charge in [0.15, 0.2) is 0 Å². The van der Waals surface area contributed by atoms with Crippen LogP contribution in [-0.4, -0.2) is 29.8 Å².